The molecule has 14 rings (SSSR count). The van der Waals surface area contributed by atoms with Gasteiger partial charge in [-0.3, -0.25) is 0 Å². The molecule has 2 aliphatic carbocycles. The number of para-hydroxylation sites is 4. The van der Waals surface area contributed by atoms with Crippen molar-refractivity contribution in [1.29, 1.82) is 0 Å². The van der Waals surface area contributed by atoms with Crippen molar-refractivity contribution in [2.45, 2.75) is 5.41 Å². The Morgan fingerprint density at radius 1 is 0.314 bits per heavy atom. The molecule has 0 aliphatic heterocycles. The third-order valence-corrected chi connectivity index (χ3v) is 12.8. The highest BCUT2D eigenvalue weighted by Gasteiger charge is 2.53. The number of aromatic nitrogens is 2. The summed E-state index contributed by atoms with van der Waals surface area (Å²) in [7, 11) is 0. The van der Waals surface area contributed by atoms with Gasteiger partial charge in [-0.25, -0.2) is 0 Å². The van der Waals surface area contributed by atoms with E-state index in [1.165, 1.54) is 121 Å². The van der Waals surface area contributed by atoms with E-state index in [9.17, 15) is 0 Å². The van der Waals surface area contributed by atoms with Crippen molar-refractivity contribution in [3.05, 3.63) is 180 Å². The molecule has 51 heavy (non-hydrogen) atoms. The van der Waals surface area contributed by atoms with E-state index in [1.807, 2.05) is 0 Å². The molecule has 0 saturated carbocycles. The molecule has 12 aromatic rings. The highest BCUT2D eigenvalue weighted by atomic mass is 14.9. The predicted octanol–water partition coefficient (Wildman–Crippen LogP) is 12.3. The van der Waals surface area contributed by atoms with Crippen molar-refractivity contribution in [3.63, 3.8) is 0 Å². The zero-order valence-electron chi connectivity index (χ0n) is 27.4. The van der Waals surface area contributed by atoms with E-state index in [2.05, 4.69) is 167 Å². The molecule has 2 aliphatic rings. The largest absolute Gasteiger partial charge is 0.308 e. The number of fused-ring (bicyclic) bond motifs is 23. The van der Waals surface area contributed by atoms with Crippen molar-refractivity contribution in [2.75, 3.05) is 0 Å². The summed E-state index contributed by atoms with van der Waals surface area (Å²) in [6, 6.07) is 60.0. The van der Waals surface area contributed by atoms with Crippen molar-refractivity contribution in [2.24, 2.45) is 0 Å². The molecular weight excluding hydrogens is 617 g/mol. The number of hydrogen-bond acceptors (Lipinski definition) is 0. The monoisotopic (exact) mass is 642 g/mol. The van der Waals surface area contributed by atoms with Gasteiger partial charge in [0.15, 0.2) is 0 Å². The molecule has 0 N–H and O–H groups in total. The van der Waals surface area contributed by atoms with Crippen molar-refractivity contribution >= 4 is 76.2 Å². The average Bonchev–Trinajstić information content (AvgIpc) is 4.01. The SMILES string of the molecule is c1ccc2c(c1)-c1ccccc1C21c2cc3c(cc2-c2ccc4c(c21)c1cccc2c5ccccc5n4c21)c1cccc2c4ccccc4n3c21. The molecule has 0 saturated heterocycles. The first-order valence-electron chi connectivity index (χ1n) is 18.0. The minimum absolute atomic E-state index is 0.475. The number of hydrogen-bond donors (Lipinski definition) is 0. The molecule has 0 amide bonds. The minimum atomic E-state index is -0.475. The van der Waals surface area contributed by atoms with Gasteiger partial charge in [-0.05, 0) is 74.8 Å². The summed E-state index contributed by atoms with van der Waals surface area (Å²) in [6.07, 6.45) is 0. The van der Waals surface area contributed by atoms with Gasteiger partial charge in [0.05, 0.1) is 38.5 Å². The summed E-state index contributed by atoms with van der Waals surface area (Å²) in [5.41, 5.74) is 18.2. The smallest absolute Gasteiger partial charge is 0.0733 e. The fourth-order valence-electron chi connectivity index (χ4n) is 11.1. The first kappa shape index (κ1) is 25.3. The van der Waals surface area contributed by atoms with E-state index in [1.54, 1.807) is 0 Å². The quantitative estimate of drug-likeness (QED) is 0.156. The summed E-state index contributed by atoms with van der Waals surface area (Å²) in [6.45, 7) is 0. The second kappa shape index (κ2) is 8.21. The standard InChI is InChI=1S/C49H26N2/c1-5-19-38-27(11-1)28-12-2-6-20-39(28)49(38)40-26-44-37(34-17-9-15-32-29-13-4-8-22-42(29)51(44)47(32)34)25-36(40)31-23-24-43-45(46(31)49)35-18-10-16-33-30-14-3-7-21-41(30)50(43)48(33)35/h1-26H. The van der Waals surface area contributed by atoms with Crippen LogP contribution in [-0.2, 0) is 5.41 Å². The molecule has 0 bridgehead atoms. The van der Waals surface area contributed by atoms with Gasteiger partial charge in [0.25, 0.3) is 0 Å². The molecule has 0 fully saturated rings. The van der Waals surface area contributed by atoms with E-state index in [-0.39, 0.29) is 0 Å². The van der Waals surface area contributed by atoms with Gasteiger partial charge in [-0.2, -0.15) is 0 Å². The highest BCUT2D eigenvalue weighted by Crippen LogP contribution is 2.65. The Morgan fingerprint density at radius 3 is 1.53 bits per heavy atom. The summed E-state index contributed by atoms with van der Waals surface area (Å²) in [5, 5.41) is 10.6. The van der Waals surface area contributed by atoms with Crippen LogP contribution in [0.1, 0.15) is 22.3 Å². The Hall–Kier alpha value is -6.64. The van der Waals surface area contributed by atoms with Crippen LogP contribution in [0.25, 0.3) is 98.4 Å². The fourth-order valence-corrected chi connectivity index (χ4v) is 11.1. The Bertz CT molecular complexity index is 3490. The molecule has 0 atom stereocenters. The van der Waals surface area contributed by atoms with E-state index < -0.39 is 5.41 Å². The molecule has 8 aromatic carbocycles. The highest BCUT2D eigenvalue weighted by molar-refractivity contribution is 6.27. The summed E-state index contributed by atoms with van der Waals surface area (Å²) in [4.78, 5) is 0. The van der Waals surface area contributed by atoms with Crippen LogP contribution in [0.3, 0.4) is 0 Å². The van der Waals surface area contributed by atoms with Gasteiger partial charge in [0.1, 0.15) is 0 Å². The van der Waals surface area contributed by atoms with Crippen LogP contribution in [0.15, 0.2) is 158 Å². The number of nitrogens with zero attached hydrogens (tertiary/aromatic N) is 2. The van der Waals surface area contributed by atoms with E-state index in [0.29, 0.717) is 0 Å². The second-order valence-corrected chi connectivity index (χ2v) is 14.7. The second-order valence-electron chi connectivity index (χ2n) is 14.7. The molecule has 0 unspecified atom stereocenters. The van der Waals surface area contributed by atoms with Crippen molar-refractivity contribution in [3.8, 4) is 22.3 Å². The van der Waals surface area contributed by atoms with Crippen LogP contribution in [0, 0.1) is 0 Å². The Labute approximate surface area is 291 Å². The van der Waals surface area contributed by atoms with Crippen LogP contribution in [-0.4, -0.2) is 8.80 Å². The minimum Gasteiger partial charge on any atom is -0.308 e. The van der Waals surface area contributed by atoms with Gasteiger partial charge in [0, 0.05) is 43.1 Å². The molecule has 4 heterocycles. The van der Waals surface area contributed by atoms with E-state index >= 15 is 0 Å². The predicted molar refractivity (Wildman–Crippen MR) is 212 cm³/mol. The molecule has 0 radical (unpaired) electrons. The summed E-state index contributed by atoms with van der Waals surface area (Å²) < 4.78 is 5.08. The van der Waals surface area contributed by atoms with Crippen LogP contribution in [0.2, 0.25) is 0 Å². The third kappa shape index (κ3) is 2.56. The Kier molecular flexibility index (Phi) is 4.08. The maximum Gasteiger partial charge on any atom is 0.0733 e. The molecule has 232 valence electrons. The average molecular weight is 643 g/mol. The maximum atomic E-state index is 2.58. The summed E-state index contributed by atoms with van der Waals surface area (Å²) in [5.74, 6) is 0. The molecule has 2 heteroatoms. The Balaban J connectivity index is 1.25. The lowest BCUT2D eigenvalue weighted by Gasteiger charge is -2.31. The van der Waals surface area contributed by atoms with Gasteiger partial charge in [-0.15, -0.1) is 0 Å². The maximum absolute atomic E-state index is 2.58. The zero-order chi connectivity index (χ0) is 32.7. The number of benzene rings is 8. The van der Waals surface area contributed by atoms with Crippen LogP contribution in [0.5, 0.6) is 0 Å². The molecular formula is C49H26N2. The lowest BCUT2D eigenvalue weighted by atomic mass is 9.69. The molecule has 2 nitrogen and oxygen atoms in total. The first-order chi connectivity index (χ1) is 25.3. The van der Waals surface area contributed by atoms with Gasteiger partial charge >= 0.3 is 0 Å². The fraction of sp³-hybridized carbons (Fsp3) is 0.0204. The van der Waals surface area contributed by atoms with E-state index in [0.717, 1.165) is 0 Å². The van der Waals surface area contributed by atoms with Crippen LogP contribution >= 0.6 is 0 Å². The lowest BCUT2D eigenvalue weighted by Crippen LogP contribution is -2.26. The zero-order valence-corrected chi connectivity index (χ0v) is 27.4. The molecule has 1 spiro atoms. The summed E-state index contributed by atoms with van der Waals surface area (Å²) >= 11 is 0. The van der Waals surface area contributed by atoms with Gasteiger partial charge < -0.3 is 8.80 Å². The topological polar surface area (TPSA) is 8.82 Å². The lowest BCUT2D eigenvalue weighted by molar-refractivity contribution is 0.803. The van der Waals surface area contributed by atoms with E-state index in [4.69, 9.17) is 0 Å². The van der Waals surface area contributed by atoms with Gasteiger partial charge in [0.2, 0.25) is 0 Å². The third-order valence-electron chi connectivity index (χ3n) is 12.8. The normalized spacial score (nSPS) is 14.4. The van der Waals surface area contributed by atoms with Crippen molar-refractivity contribution < 1.29 is 0 Å². The van der Waals surface area contributed by atoms with Crippen LogP contribution in [0.4, 0.5) is 0 Å². The molecule has 4 aromatic heterocycles. The van der Waals surface area contributed by atoms with Gasteiger partial charge in [-0.1, -0.05) is 127 Å². The van der Waals surface area contributed by atoms with Crippen LogP contribution < -0.4 is 0 Å². The Morgan fingerprint density at radius 2 is 0.843 bits per heavy atom. The number of rotatable bonds is 0. The first-order valence-corrected chi connectivity index (χ1v) is 18.0. The van der Waals surface area contributed by atoms with Crippen molar-refractivity contribution in [1.82, 2.24) is 8.80 Å².